The normalized spacial score (nSPS) is 16.5. The van der Waals surface area contributed by atoms with E-state index in [4.69, 9.17) is 4.89 Å². The smallest absolute Gasteiger partial charge is 0.160 e. The molecule has 0 radical (unpaired) electrons. The summed E-state index contributed by atoms with van der Waals surface area (Å²) < 4.78 is 0. The largest absolute Gasteiger partial charge is 0.508 e. The lowest BCUT2D eigenvalue weighted by Crippen LogP contribution is -2.50. The molecule has 2 rings (SSSR count). The van der Waals surface area contributed by atoms with Gasteiger partial charge in [-0.15, -0.1) is 0 Å². The van der Waals surface area contributed by atoms with Gasteiger partial charge in [0, 0.05) is 0 Å². The molecular formula is C18H22O5. The highest BCUT2D eigenvalue weighted by molar-refractivity contribution is 5.38. The van der Waals surface area contributed by atoms with E-state index in [-0.39, 0.29) is 17.9 Å². The summed E-state index contributed by atoms with van der Waals surface area (Å²) in [4.78, 5) is 4.86. The summed E-state index contributed by atoms with van der Waals surface area (Å²) in [6.45, 7) is 3.58. The van der Waals surface area contributed by atoms with Gasteiger partial charge >= 0.3 is 0 Å². The van der Waals surface area contributed by atoms with Crippen LogP contribution in [0.1, 0.15) is 37.8 Å². The zero-order valence-electron chi connectivity index (χ0n) is 13.2. The van der Waals surface area contributed by atoms with Gasteiger partial charge in [-0.25, -0.2) is 4.89 Å². The van der Waals surface area contributed by atoms with Crippen molar-refractivity contribution in [1.82, 2.24) is 0 Å². The molecule has 0 heterocycles. The summed E-state index contributed by atoms with van der Waals surface area (Å²) in [7, 11) is 0. The lowest BCUT2D eigenvalue weighted by Gasteiger charge is -2.44. The summed E-state index contributed by atoms with van der Waals surface area (Å²) in [6, 6.07) is 12.3. The standard InChI is InChI=1S/C18H22O5/c1-3-17(21,13-5-9-15(19)10-6-13)18(4-2,23-22)14-7-11-16(20)12-8-14/h5-12,19-22H,3-4H2,1-2H3. The molecule has 0 amide bonds. The molecule has 2 atom stereocenters. The molecule has 0 saturated heterocycles. The first-order valence-electron chi connectivity index (χ1n) is 7.57. The molecule has 0 aliphatic heterocycles. The minimum absolute atomic E-state index is 0.0846. The molecule has 2 unspecified atom stereocenters. The third-order valence-electron chi connectivity index (χ3n) is 4.51. The van der Waals surface area contributed by atoms with Crippen LogP contribution in [-0.2, 0) is 16.1 Å². The Morgan fingerprint density at radius 3 is 1.57 bits per heavy atom. The van der Waals surface area contributed by atoms with Crippen molar-refractivity contribution in [2.45, 2.75) is 37.9 Å². The van der Waals surface area contributed by atoms with E-state index in [0.717, 1.165) is 0 Å². The predicted molar refractivity (Wildman–Crippen MR) is 86.1 cm³/mol. The van der Waals surface area contributed by atoms with E-state index in [1.165, 1.54) is 24.3 Å². The number of benzene rings is 2. The Balaban J connectivity index is 2.64. The number of aromatic hydroxyl groups is 2. The minimum atomic E-state index is -1.53. The van der Waals surface area contributed by atoms with Crippen molar-refractivity contribution < 1.29 is 25.5 Å². The lowest BCUT2D eigenvalue weighted by atomic mass is 9.70. The van der Waals surface area contributed by atoms with Crippen molar-refractivity contribution >= 4 is 0 Å². The first-order valence-corrected chi connectivity index (χ1v) is 7.57. The van der Waals surface area contributed by atoms with E-state index in [1.807, 2.05) is 0 Å². The van der Waals surface area contributed by atoms with Crippen molar-refractivity contribution in [3.05, 3.63) is 59.7 Å². The molecule has 0 aliphatic rings. The van der Waals surface area contributed by atoms with Crippen molar-refractivity contribution in [2.24, 2.45) is 0 Å². The third-order valence-corrected chi connectivity index (χ3v) is 4.51. The van der Waals surface area contributed by atoms with Gasteiger partial charge in [0.15, 0.2) is 5.60 Å². The monoisotopic (exact) mass is 318 g/mol. The molecule has 0 bridgehead atoms. The van der Waals surface area contributed by atoms with Crippen LogP contribution in [0.5, 0.6) is 11.5 Å². The van der Waals surface area contributed by atoms with Crippen LogP contribution in [0, 0.1) is 0 Å². The summed E-state index contributed by atoms with van der Waals surface area (Å²) in [5.74, 6) is 0.171. The van der Waals surface area contributed by atoms with Gasteiger partial charge in [0.2, 0.25) is 0 Å². The molecule has 23 heavy (non-hydrogen) atoms. The molecule has 0 fully saturated rings. The minimum Gasteiger partial charge on any atom is -0.508 e. The molecule has 0 spiro atoms. The van der Waals surface area contributed by atoms with Crippen LogP contribution in [0.4, 0.5) is 0 Å². The van der Waals surface area contributed by atoms with Gasteiger partial charge in [0.1, 0.15) is 17.1 Å². The van der Waals surface area contributed by atoms with Gasteiger partial charge in [0.25, 0.3) is 0 Å². The van der Waals surface area contributed by atoms with Crippen LogP contribution in [0.25, 0.3) is 0 Å². The van der Waals surface area contributed by atoms with Crippen LogP contribution in [0.15, 0.2) is 48.5 Å². The Kier molecular flexibility index (Phi) is 4.94. The number of phenolic OH excluding ortho intramolecular Hbond substituents is 2. The van der Waals surface area contributed by atoms with Gasteiger partial charge in [-0.3, -0.25) is 5.26 Å². The molecule has 0 aromatic heterocycles. The zero-order chi connectivity index (χ0) is 17.1. The molecule has 2 aromatic carbocycles. The number of rotatable bonds is 6. The number of hydrogen-bond acceptors (Lipinski definition) is 5. The van der Waals surface area contributed by atoms with Crippen LogP contribution >= 0.6 is 0 Å². The van der Waals surface area contributed by atoms with Gasteiger partial charge in [0.05, 0.1) is 0 Å². The molecule has 5 nitrogen and oxygen atoms in total. The van der Waals surface area contributed by atoms with E-state index in [0.29, 0.717) is 17.5 Å². The Hall–Kier alpha value is -2.08. The summed E-state index contributed by atoms with van der Waals surface area (Å²) in [6.07, 6.45) is 0.562. The Bertz CT molecular complexity index is 631. The molecular weight excluding hydrogens is 296 g/mol. The van der Waals surface area contributed by atoms with Crippen molar-refractivity contribution in [3.63, 3.8) is 0 Å². The van der Waals surface area contributed by atoms with Gasteiger partial charge in [-0.05, 0) is 48.2 Å². The third kappa shape index (κ3) is 2.79. The second-order valence-electron chi connectivity index (χ2n) is 5.58. The first kappa shape index (κ1) is 17.3. The fourth-order valence-electron chi connectivity index (χ4n) is 3.12. The topological polar surface area (TPSA) is 90.2 Å². The van der Waals surface area contributed by atoms with Crippen LogP contribution in [-0.4, -0.2) is 20.6 Å². The van der Waals surface area contributed by atoms with E-state index in [1.54, 1.807) is 38.1 Å². The highest BCUT2D eigenvalue weighted by atomic mass is 17.1. The Labute approximate surface area is 135 Å². The molecule has 4 N–H and O–H groups in total. The SMILES string of the molecule is CCC(O)(c1ccc(O)cc1)C(CC)(OO)c1ccc(O)cc1. The molecule has 0 aliphatic carbocycles. The van der Waals surface area contributed by atoms with Crippen molar-refractivity contribution in [2.75, 3.05) is 0 Å². The number of aliphatic hydroxyl groups is 1. The Morgan fingerprint density at radius 1 is 0.783 bits per heavy atom. The number of phenols is 2. The van der Waals surface area contributed by atoms with Crippen LogP contribution < -0.4 is 0 Å². The second kappa shape index (κ2) is 6.58. The van der Waals surface area contributed by atoms with E-state index < -0.39 is 11.2 Å². The maximum absolute atomic E-state index is 11.4. The number of hydrogen-bond donors (Lipinski definition) is 4. The molecule has 0 saturated carbocycles. The molecule has 124 valence electrons. The van der Waals surface area contributed by atoms with Gasteiger partial charge in [-0.1, -0.05) is 38.1 Å². The van der Waals surface area contributed by atoms with Crippen LogP contribution in [0.2, 0.25) is 0 Å². The molecule has 2 aromatic rings. The van der Waals surface area contributed by atoms with E-state index in [9.17, 15) is 20.6 Å². The van der Waals surface area contributed by atoms with Crippen molar-refractivity contribution in [3.8, 4) is 11.5 Å². The van der Waals surface area contributed by atoms with Crippen molar-refractivity contribution in [1.29, 1.82) is 0 Å². The quantitative estimate of drug-likeness (QED) is 0.483. The first-order chi connectivity index (χ1) is 10.9. The average Bonchev–Trinajstić information content (AvgIpc) is 2.58. The highest BCUT2D eigenvalue weighted by Crippen LogP contribution is 2.48. The second-order valence-corrected chi connectivity index (χ2v) is 5.58. The van der Waals surface area contributed by atoms with Crippen LogP contribution in [0.3, 0.4) is 0 Å². The fourth-order valence-corrected chi connectivity index (χ4v) is 3.12. The zero-order valence-corrected chi connectivity index (χ0v) is 13.2. The fraction of sp³-hybridized carbons (Fsp3) is 0.333. The summed E-state index contributed by atoms with van der Waals surface area (Å²) in [5.41, 5.74) is -1.88. The average molecular weight is 318 g/mol. The maximum Gasteiger partial charge on any atom is 0.160 e. The summed E-state index contributed by atoms with van der Waals surface area (Å²) in [5, 5.41) is 40.0. The lowest BCUT2D eigenvalue weighted by molar-refractivity contribution is -0.378. The predicted octanol–water partition coefficient (Wildman–Crippen LogP) is 3.49. The highest BCUT2D eigenvalue weighted by Gasteiger charge is 2.52. The Morgan fingerprint density at radius 2 is 1.22 bits per heavy atom. The van der Waals surface area contributed by atoms with E-state index >= 15 is 0 Å². The molecule has 5 heteroatoms. The maximum atomic E-state index is 11.4. The van der Waals surface area contributed by atoms with E-state index in [2.05, 4.69) is 0 Å². The van der Waals surface area contributed by atoms with Gasteiger partial charge < -0.3 is 15.3 Å². The van der Waals surface area contributed by atoms with Gasteiger partial charge in [-0.2, -0.15) is 0 Å². The summed E-state index contributed by atoms with van der Waals surface area (Å²) >= 11 is 0.